The fraction of sp³-hybridized carbons (Fsp3) is 0.846. The Balaban J connectivity index is 0.000000322. The van der Waals surface area contributed by atoms with Gasteiger partial charge in [-0.3, -0.25) is 9.59 Å². The lowest BCUT2D eigenvalue weighted by molar-refractivity contribution is -0.123. The average molecular weight is 212 g/mol. The molecule has 1 saturated carbocycles. The van der Waals surface area contributed by atoms with Crippen LogP contribution < -0.4 is 0 Å². The largest absolute Gasteiger partial charge is 0.300 e. The predicted molar refractivity (Wildman–Crippen MR) is 62.9 cm³/mol. The fourth-order valence-electron chi connectivity index (χ4n) is 1.19. The summed E-state index contributed by atoms with van der Waals surface area (Å²) in [4.78, 5) is 20.9. The Bertz CT molecular complexity index is 169. The summed E-state index contributed by atoms with van der Waals surface area (Å²) in [5.41, 5.74) is 0. The Kier molecular flexibility index (Phi) is 9.44. The highest BCUT2D eigenvalue weighted by Crippen LogP contribution is 2.10. The molecule has 0 atom stereocenters. The first-order valence-electron chi connectivity index (χ1n) is 6.24. The third-order valence-corrected chi connectivity index (χ3v) is 2.53. The van der Waals surface area contributed by atoms with E-state index in [1.54, 1.807) is 0 Å². The molecule has 15 heavy (non-hydrogen) atoms. The van der Waals surface area contributed by atoms with Crippen molar-refractivity contribution in [3.8, 4) is 0 Å². The van der Waals surface area contributed by atoms with Crippen molar-refractivity contribution in [1.29, 1.82) is 0 Å². The van der Waals surface area contributed by atoms with Crippen LogP contribution in [0.3, 0.4) is 0 Å². The second-order valence-electron chi connectivity index (χ2n) is 4.14. The molecule has 1 aliphatic rings. The van der Waals surface area contributed by atoms with Gasteiger partial charge in [0.1, 0.15) is 11.6 Å². The van der Waals surface area contributed by atoms with E-state index in [4.69, 9.17) is 0 Å². The quantitative estimate of drug-likeness (QED) is 0.673. The Morgan fingerprint density at radius 3 is 1.67 bits per heavy atom. The van der Waals surface area contributed by atoms with E-state index in [0.717, 1.165) is 57.8 Å². The van der Waals surface area contributed by atoms with Gasteiger partial charge in [0.05, 0.1) is 0 Å². The Hall–Kier alpha value is -0.660. The van der Waals surface area contributed by atoms with Crippen molar-refractivity contribution in [2.45, 2.75) is 71.6 Å². The van der Waals surface area contributed by atoms with Gasteiger partial charge in [-0.05, 0) is 19.3 Å². The Labute approximate surface area is 93.4 Å². The second kappa shape index (κ2) is 9.88. The smallest absolute Gasteiger partial charge is 0.132 e. The summed E-state index contributed by atoms with van der Waals surface area (Å²) in [5.74, 6) is 0.883. The molecule has 1 aliphatic carbocycles. The fourth-order valence-corrected chi connectivity index (χ4v) is 1.19. The Morgan fingerprint density at radius 1 is 1.07 bits per heavy atom. The molecule has 2 heteroatoms. The van der Waals surface area contributed by atoms with Gasteiger partial charge in [-0.1, -0.05) is 26.7 Å². The van der Waals surface area contributed by atoms with E-state index in [1.165, 1.54) is 0 Å². The van der Waals surface area contributed by atoms with Gasteiger partial charge >= 0.3 is 0 Å². The number of carbonyl (C=O) groups is 2. The van der Waals surface area contributed by atoms with E-state index in [0.29, 0.717) is 11.6 Å². The van der Waals surface area contributed by atoms with Gasteiger partial charge in [0, 0.05) is 25.7 Å². The molecule has 1 rings (SSSR count). The zero-order chi connectivity index (χ0) is 11.5. The van der Waals surface area contributed by atoms with Crippen molar-refractivity contribution < 1.29 is 9.59 Å². The number of carbonyl (C=O) groups excluding carboxylic acids is 2. The van der Waals surface area contributed by atoms with E-state index in [-0.39, 0.29) is 0 Å². The van der Waals surface area contributed by atoms with Gasteiger partial charge in [-0.25, -0.2) is 0 Å². The normalized spacial score (nSPS) is 13.9. The third-order valence-electron chi connectivity index (χ3n) is 2.53. The summed E-state index contributed by atoms with van der Waals surface area (Å²) >= 11 is 0. The Morgan fingerprint density at radius 2 is 1.47 bits per heavy atom. The molecule has 88 valence electrons. The maximum Gasteiger partial charge on any atom is 0.132 e. The topological polar surface area (TPSA) is 34.1 Å². The van der Waals surface area contributed by atoms with Crippen molar-refractivity contribution in [2.24, 2.45) is 0 Å². The van der Waals surface area contributed by atoms with Gasteiger partial charge in [0.2, 0.25) is 0 Å². The molecule has 0 aliphatic heterocycles. The number of Topliss-reactive ketones (excluding diaryl/α,β-unsaturated/α-hetero) is 2. The van der Waals surface area contributed by atoms with Gasteiger partial charge in [-0.15, -0.1) is 0 Å². The highest BCUT2D eigenvalue weighted by atomic mass is 16.1. The highest BCUT2D eigenvalue weighted by Gasteiger charge is 2.09. The molecule has 0 aromatic heterocycles. The molecule has 0 N–H and O–H groups in total. The molecule has 0 spiro atoms. The van der Waals surface area contributed by atoms with Crippen LogP contribution in [0.15, 0.2) is 0 Å². The maximum absolute atomic E-state index is 11.0. The molecule has 0 aromatic rings. The van der Waals surface area contributed by atoms with Crippen LogP contribution in [0.25, 0.3) is 0 Å². The molecular weight excluding hydrogens is 188 g/mol. The second-order valence-corrected chi connectivity index (χ2v) is 4.14. The third kappa shape index (κ3) is 9.64. The van der Waals surface area contributed by atoms with Crippen molar-refractivity contribution in [2.75, 3.05) is 0 Å². The first kappa shape index (κ1) is 14.3. The summed E-state index contributed by atoms with van der Waals surface area (Å²) in [6.07, 6.45) is 8.85. The lowest BCUT2D eigenvalue weighted by Gasteiger charge is -2.05. The first-order valence-corrected chi connectivity index (χ1v) is 6.24. The van der Waals surface area contributed by atoms with Crippen molar-refractivity contribution in [3.05, 3.63) is 0 Å². The number of ketones is 2. The minimum absolute atomic E-state index is 0.435. The minimum Gasteiger partial charge on any atom is -0.300 e. The number of hydrogen-bond donors (Lipinski definition) is 0. The standard InChI is InChI=1S/C9H18O.C4H6O/c1-3-5-7-9(10)8-6-4-2;5-4-2-1-3-4/h3-8H2,1-2H3;1-3H2. The number of unbranched alkanes of at least 4 members (excludes halogenated alkanes) is 2. The van der Waals surface area contributed by atoms with Crippen LogP contribution in [0, 0.1) is 0 Å². The van der Waals surface area contributed by atoms with Crippen LogP contribution in [0.2, 0.25) is 0 Å². The van der Waals surface area contributed by atoms with Crippen LogP contribution in [0.4, 0.5) is 0 Å². The predicted octanol–water partition coefficient (Wildman–Crippen LogP) is 3.68. The summed E-state index contributed by atoms with van der Waals surface area (Å²) in [7, 11) is 0. The van der Waals surface area contributed by atoms with E-state index in [2.05, 4.69) is 13.8 Å². The van der Waals surface area contributed by atoms with Crippen LogP contribution in [0.5, 0.6) is 0 Å². The maximum atomic E-state index is 11.0. The van der Waals surface area contributed by atoms with Gasteiger partial charge in [-0.2, -0.15) is 0 Å². The van der Waals surface area contributed by atoms with Crippen LogP contribution in [0.1, 0.15) is 71.6 Å². The van der Waals surface area contributed by atoms with Gasteiger partial charge in [0.25, 0.3) is 0 Å². The summed E-state index contributed by atoms with van der Waals surface area (Å²) in [5, 5.41) is 0. The molecule has 0 radical (unpaired) electrons. The summed E-state index contributed by atoms with van der Waals surface area (Å²) in [6, 6.07) is 0. The molecule has 0 aromatic carbocycles. The zero-order valence-electron chi connectivity index (χ0n) is 10.2. The van der Waals surface area contributed by atoms with E-state index in [1.807, 2.05) is 0 Å². The van der Waals surface area contributed by atoms with E-state index < -0.39 is 0 Å². The van der Waals surface area contributed by atoms with Gasteiger partial charge in [0.15, 0.2) is 0 Å². The molecule has 0 heterocycles. The SMILES string of the molecule is CCCCC(=O)CCCC.O=C1CCC1. The van der Waals surface area contributed by atoms with E-state index in [9.17, 15) is 9.59 Å². The zero-order valence-corrected chi connectivity index (χ0v) is 10.2. The summed E-state index contributed by atoms with van der Waals surface area (Å²) in [6.45, 7) is 4.24. The lowest BCUT2D eigenvalue weighted by atomic mass is 9.99. The molecule has 1 fully saturated rings. The molecule has 0 amide bonds. The minimum atomic E-state index is 0.435. The van der Waals surface area contributed by atoms with Crippen LogP contribution in [-0.2, 0) is 9.59 Å². The van der Waals surface area contributed by atoms with Crippen molar-refractivity contribution in [3.63, 3.8) is 0 Å². The lowest BCUT2D eigenvalue weighted by Crippen LogP contribution is -2.07. The van der Waals surface area contributed by atoms with Gasteiger partial charge < -0.3 is 0 Å². The molecule has 0 bridgehead atoms. The monoisotopic (exact) mass is 212 g/mol. The molecule has 2 nitrogen and oxygen atoms in total. The van der Waals surface area contributed by atoms with Crippen LogP contribution >= 0.6 is 0 Å². The molecule has 0 saturated heterocycles. The number of rotatable bonds is 6. The van der Waals surface area contributed by atoms with Crippen molar-refractivity contribution in [1.82, 2.24) is 0 Å². The van der Waals surface area contributed by atoms with Crippen molar-refractivity contribution >= 4 is 11.6 Å². The van der Waals surface area contributed by atoms with E-state index >= 15 is 0 Å². The average Bonchev–Trinajstić information content (AvgIpc) is 2.21. The molecule has 0 unspecified atom stereocenters. The first-order chi connectivity index (χ1) is 7.20. The highest BCUT2D eigenvalue weighted by molar-refractivity contribution is 5.83. The molecular formula is C13H24O2. The summed E-state index contributed by atoms with van der Waals surface area (Å²) < 4.78 is 0. The number of hydrogen-bond acceptors (Lipinski definition) is 2. The van der Waals surface area contributed by atoms with Crippen LogP contribution in [-0.4, -0.2) is 11.6 Å².